The molecule has 1 saturated carbocycles. The van der Waals surface area contributed by atoms with Crippen LogP contribution in [0, 0.1) is 0 Å². The molecule has 1 heterocycles. The number of hydrogen-bond donors (Lipinski definition) is 2. The maximum absolute atomic E-state index is 11.5. The SMILES string of the molecule is NCCS(=O)(=O)NC1CCN(C2CC2)C1. The van der Waals surface area contributed by atoms with Crippen molar-refractivity contribution in [2.24, 2.45) is 5.73 Å². The molecule has 0 aromatic heterocycles. The minimum atomic E-state index is -3.15. The van der Waals surface area contributed by atoms with Crippen molar-refractivity contribution >= 4 is 10.0 Å². The Hall–Kier alpha value is -0.170. The quantitative estimate of drug-likeness (QED) is 0.645. The van der Waals surface area contributed by atoms with Gasteiger partial charge in [-0.3, -0.25) is 4.90 Å². The molecule has 0 bridgehead atoms. The van der Waals surface area contributed by atoms with Crippen LogP contribution in [0.3, 0.4) is 0 Å². The van der Waals surface area contributed by atoms with Crippen molar-refractivity contribution in [1.82, 2.24) is 9.62 Å². The van der Waals surface area contributed by atoms with Crippen LogP contribution >= 0.6 is 0 Å². The van der Waals surface area contributed by atoms with Crippen LogP contribution < -0.4 is 10.5 Å². The van der Waals surface area contributed by atoms with E-state index in [9.17, 15) is 8.42 Å². The largest absolute Gasteiger partial charge is 0.329 e. The van der Waals surface area contributed by atoms with Gasteiger partial charge in [0.05, 0.1) is 5.75 Å². The molecule has 2 rings (SSSR count). The van der Waals surface area contributed by atoms with E-state index in [-0.39, 0.29) is 18.3 Å². The lowest BCUT2D eigenvalue weighted by atomic mass is 10.3. The summed E-state index contributed by atoms with van der Waals surface area (Å²) in [5, 5.41) is 0. The van der Waals surface area contributed by atoms with Crippen LogP contribution in [0.4, 0.5) is 0 Å². The van der Waals surface area contributed by atoms with E-state index in [2.05, 4.69) is 9.62 Å². The summed E-state index contributed by atoms with van der Waals surface area (Å²) in [6.45, 7) is 2.09. The summed E-state index contributed by atoms with van der Waals surface area (Å²) in [7, 11) is -3.15. The van der Waals surface area contributed by atoms with E-state index in [4.69, 9.17) is 5.73 Å². The van der Waals surface area contributed by atoms with Crippen LogP contribution in [0.15, 0.2) is 0 Å². The number of sulfonamides is 1. The number of nitrogens with zero attached hydrogens (tertiary/aromatic N) is 1. The molecule has 2 fully saturated rings. The third-order valence-electron chi connectivity index (χ3n) is 3.02. The molecule has 1 atom stereocenters. The lowest BCUT2D eigenvalue weighted by Gasteiger charge is -2.15. The molecule has 3 N–H and O–H groups in total. The number of likely N-dealkylation sites (tertiary alicyclic amines) is 1. The van der Waals surface area contributed by atoms with Crippen LogP contribution in [0.5, 0.6) is 0 Å². The van der Waals surface area contributed by atoms with Crippen LogP contribution in [0.1, 0.15) is 19.3 Å². The first-order valence-corrected chi connectivity index (χ1v) is 7.20. The number of nitrogens with two attached hydrogens (primary N) is 1. The second kappa shape index (κ2) is 4.37. The van der Waals surface area contributed by atoms with E-state index < -0.39 is 10.0 Å². The molecule has 1 aliphatic heterocycles. The molecule has 1 unspecified atom stereocenters. The van der Waals surface area contributed by atoms with Crippen molar-refractivity contribution in [2.75, 3.05) is 25.4 Å². The van der Waals surface area contributed by atoms with Crippen LogP contribution in [-0.2, 0) is 10.0 Å². The third kappa shape index (κ3) is 3.14. The predicted octanol–water partition coefficient (Wildman–Crippen LogP) is -0.899. The molecule has 15 heavy (non-hydrogen) atoms. The topological polar surface area (TPSA) is 75.4 Å². The minimum Gasteiger partial charge on any atom is -0.329 e. The smallest absolute Gasteiger partial charge is 0.213 e. The molecule has 0 radical (unpaired) electrons. The first-order valence-electron chi connectivity index (χ1n) is 5.55. The fourth-order valence-electron chi connectivity index (χ4n) is 2.12. The summed E-state index contributed by atoms with van der Waals surface area (Å²) in [5.41, 5.74) is 5.24. The van der Waals surface area contributed by atoms with Gasteiger partial charge in [0.25, 0.3) is 0 Å². The molecular weight excluding hydrogens is 214 g/mol. The van der Waals surface area contributed by atoms with E-state index >= 15 is 0 Å². The van der Waals surface area contributed by atoms with Crippen molar-refractivity contribution in [1.29, 1.82) is 0 Å². The van der Waals surface area contributed by atoms with Crippen molar-refractivity contribution in [3.63, 3.8) is 0 Å². The Bertz CT molecular complexity index is 313. The van der Waals surface area contributed by atoms with Gasteiger partial charge in [0.1, 0.15) is 0 Å². The van der Waals surface area contributed by atoms with Gasteiger partial charge in [0, 0.05) is 31.7 Å². The maximum Gasteiger partial charge on any atom is 0.213 e. The van der Waals surface area contributed by atoms with Crippen LogP contribution in [-0.4, -0.2) is 50.8 Å². The highest BCUT2D eigenvalue weighted by atomic mass is 32.2. The monoisotopic (exact) mass is 233 g/mol. The van der Waals surface area contributed by atoms with E-state index in [0.29, 0.717) is 0 Å². The molecule has 0 spiro atoms. The Kier molecular flexibility index (Phi) is 3.30. The van der Waals surface area contributed by atoms with E-state index in [0.717, 1.165) is 25.6 Å². The molecule has 0 amide bonds. The molecule has 1 saturated heterocycles. The second-order valence-corrected chi connectivity index (χ2v) is 6.31. The van der Waals surface area contributed by atoms with E-state index in [1.165, 1.54) is 12.8 Å². The van der Waals surface area contributed by atoms with E-state index in [1.807, 2.05) is 0 Å². The fourth-order valence-corrected chi connectivity index (χ4v) is 3.25. The number of hydrogen-bond acceptors (Lipinski definition) is 4. The van der Waals surface area contributed by atoms with Crippen molar-refractivity contribution < 1.29 is 8.42 Å². The summed E-state index contributed by atoms with van der Waals surface area (Å²) >= 11 is 0. The van der Waals surface area contributed by atoms with Crippen molar-refractivity contribution in [3.05, 3.63) is 0 Å². The zero-order chi connectivity index (χ0) is 10.9. The lowest BCUT2D eigenvalue weighted by molar-refractivity contribution is 0.322. The van der Waals surface area contributed by atoms with Crippen LogP contribution in [0.25, 0.3) is 0 Å². The molecular formula is C9H19N3O2S. The Balaban J connectivity index is 1.80. The minimum absolute atomic E-state index is 0.0347. The summed E-state index contributed by atoms with van der Waals surface area (Å²) < 4.78 is 25.7. The van der Waals surface area contributed by atoms with Gasteiger partial charge < -0.3 is 5.73 Å². The summed E-state index contributed by atoms with van der Waals surface area (Å²) in [5.74, 6) is 0.0347. The van der Waals surface area contributed by atoms with E-state index in [1.54, 1.807) is 0 Å². The molecule has 1 aliphatic carbocycles. The van der Waals surface area contributed by atoms with Crippen molar-refractivity contribution in [3.8, 4) is 0 Å². The van der Waals surface area contributed by atoms with Gasteiger partial charge in [-0.25, -0.2) is 13.1 Å². The Labute approximate surface area is 91.1 Å². The van der Waals surface area contributed by atoms with Gasteiger partial charge in [-0.1, -0.05) is 0 Å². The normalized spacial score (nSPS) is 28.5. The number of rotatable bonds is 5. The highest BCUT2D eigenvalue weighted by Crippen LogP contribution is 2.29. The predicted molar refractivity (Wildman–Crippen MR) is 59.0 cm³/mol. The highest BCUT2D eigenvalue weighted by Gasteiger charge is 2.35. The average Bonchev–Trinajstić information content (AvgIpc) is 2.88. The summed E-state index contributed by atoms with van der Waals surface area (Å²) in [6, 6.07) is 0.830. The zero-order valence-electron chi connectivity index (χ0n) is 8.85. The van der Waals surface area contributed by atoms with Crippen LogP contribution in [0.2, 0.25) is 0 Å². The Morgan fingerprint density at radius 1 is 1.33 bits per heavy atom. The van der Waals surface area contributed by atoms with Gasteiger partial charge in [0.15, 0.2) is 0 Å². The molecule has 5 nitrogen and oxygen atoms in total. The number of nitrogens with one attached hydrogen (secondary N) is 1. The van der Waals surface area contributed by atoms with Crippen molar-refractivity contribution in [2.45, 2.75) is 31.3 Å². The van der Waals surface area contributed by atoms with Gasteiger partial charge >= 0.3 is 0 Å². The highest BCUT2D eigenvalue weighted by molar-refractivity contribution is 7.89. The average molecular weight is 233 g/mol. The molecule has 88 valence electrons. The first-order chi connectivity index (χ1) is 7.11. The second-order valence-electron chi connectivity index (χ2n) is 4.44. The van der Waals surface area contributed by atoms with Gasteiger partial charge in [-0.05, 0) is 19.3 Å². The molecule has 0 aromatic rings. The molecule has 0 aromatic carbocycles. The molecule has 2 aliphatic rings. The Morgan fingerprint density at radius 3 is 2.67 bits per heavy atom. The standard InChI is InChI=1S/C9H19N3O2S/c10-4-6-15(13,14)11-8-3-5-12(7-8)9-1-2-9/h8-9,11H,1-7,10H2. The fraction of sp³-hybridized carbons (Fsp3) is 1.00. The summed E-state index contributed by atoms with van der Waals surface area (Å²) in [6.07, 6.45) is 3.49. The third-order valence-corrected chi connectivity index (χ3v) is 4.48. The zero-order valence-corrected chi connectivity index (χ0v) is 9.67. The summed E-state index contributed by atoms with van der Waals surface area (Å²) in [4.78, 5) is 2.38. The lowest BCUT2D eigenvalue weighted by Crippen LogP contribution is -2.39. The Morgan fingerprint density at radius 2 is 2.07 bits per heavy atom. The van der Waals surface area contributed by atoms with Gasteiger partial charge in [-0.15, -0.1) is 0 Å². The van der Waals surface area contributed by atoms with Gasteiger partial charge in [-0.2, -0.15) is 0 Å². The molecule has 6 heteroatoms. The maximum atomic E-state index is 11.5. The van der Waals surface area contributed by atoms with Gasteiger partial charge in [0.2, 0.25) is 10.0 Å². The first kappa shape index (κ1) is 11.3.